The summed E-state index contributed by atoms with van der Waals surface area (Å²) < 4.78 is 5.83. The molecule has 136 valence electrons. The van der Waals surface area contributed by atoms with Crippen LogP contribution >= 0.6 is 15.9 Å². The smallest absolute Gasteiger partial charge is 0.263 e. The highest BCUT2D eigenvalue weighted by Gasteiger charge is 2.14. The van der Waals surface area contributed by atoms with E-state index in [1.807, 2.05) is 24.3 Å². The molecule has 7 nitrogen and oxygen atoms in total. The van der Waals surface area contributed by atoms with E-state index in [1.165, 1.54) is 28.8 Å². The van der Waals surface area contributed by atoms with E-state index >= 15 is 0 Å². The lowest BCUT2D eigenvalue weighted by Crippen LogP contribution is -3.12. The monoisotopic (exact) mass is 419 g/mol. The van der Waals surface area contributed by atoms with Crippen LogP contribution in [0.5, 0.6) is 5.75 Å². The Labute approximate surface area is 159 Å². The second-order valence-electron chi connectivity index (χ2n) is 6.06. The van der Waals surface area contributed by atoms with Crippen LogP contribution in [0.15, 0.2) is 45.9 Å². The lowest BCUT2D eigenvalue weighted by Gasteiger charge is -2.23. The van der Waals surface area contributed by atoms with Crippen molar-refractivity contribution in [2.45, 2.75) is 6.54 Å². The number of hydrogen-bond acceptors (Lipinski definition) is 5. The Balaban J connectivity index is 1.72. The molecule has 2 aromatic carbocycles. The second kappa shape index (κ2) is 8.39. The van der Waals surface area contributed by atoms with Crippen LogP contribution in [0, 0.1) is 10.1 Å². The Hall–Kier alpha value is -2.29. The summed E-state index contributed by atoms with van der Waals surface area (Å²) in [6.45, 7) is 4.56. The molecule has 3 rings (SSSR count). The number of nitro benzene ring substituents is 1. The van der Waals surface area contributed by atoms with Crippen molar-refractivity contribution in [1.29, 1.82) is 0 Å². The van der Waals surface area contributed by atoms with Gasteiger partial charge in [-0.05, 0) is 29.5 Å². The third-order valence-electron chi connectivity index (χ3n) is 4.20. The third-order valence-corrected chi connectivity index (χ3v) is 4.66. The third kappa shape index (κ3) is 4.66. The highest BCUT2D eigenvalue weighted by Crippen LogP contribution is 2.30. The molecule has 0 saturated carbocycles. The number of hydrogen-bond donors (Lipinski definition) is 1. The highest BCUT2D eigenvalue weighted by molar-refractivity contribution is 9.10. The van der Waals surface area contributed by atoms with E-state index in [-0.39, 0.29) is 5.56 Å². The van der Waals surface area contributed by atoms with Gasteiger partial charge in [-0.15, -0.1) is 0 Å². The van der Waals surface area contributed by atoms with E-state index in [2.05, 4.69) is 20.9 Å². The van der Waals surface area contributed by atoms with Gasteiger partial charge >= 0.3 is 0 Å². The molecule has 0 spiro atoms. The number of aliphatic imine (C=N–C) groups is 1. The molecule has 0 aromatic heterocycles. The second-order valence-corrected chi connectivity index (χ2v) is 6.98. The van der Waals surface area contributed by atoms with Crippen LogP contribution in [0.4, 0.5) is 11.4 Å². The molecule has 0 amide bonds. The van der Waals surface area contributed by atoms with Gasteiger partial charge in [0.05, 0.1) is 23.8 Å². The normalized spacial score (nSPS) is 15.4. The lowest BCUT2D eigenvalue weighted by atomic mass is 10.1. The molecule has 8 heteroatoms. The molecule has 1 heterocycles. The topological polar surface area (TPSA) is 92.2 Å². The minimum Gasteiger partial charge on any atom is -0.867 e. The number of ether oxygens (including phenoxy) is 1. The van der Waals surface area contributed by atoms with Crippen molar-refractivity contribution < 1.29 is 19.7 Å². The number of morpholine rings is 1. The van der Waals surface area contributed by atoms with Crippen LogP contribution in [-0.4, -0.2) is 37.4 Å². The molecule has 2 aromatic rings. The van der Waals surface area contributed by atoms with Gasteiger partial charge in [0.1, 0.15) is 19.6 Å². The first-order valence-corrected chi connectivity index (χ1v) is 9.01. The zero-order valence-corrected chi connectivity index (χ0v) is 15.6. The predicted molar refractivity (Wildman–Crippen MR) is 99.2 cm³/mol. The van der Waals surface area contributed by atoms with Gasteiger partial charge < -0.3 is 14.7 Å². The maximum Gasteiger partial charge on any atom is 0.263 e. The van der Waals surface area contributed by atoms with Crippen LogP contribution < -0.4 is 10.0 Å². The van der Waals surface area contributed by atoms with Gasteiger partial charge in [-0.2, -0.15) is 0 Å². The summed E-state index contributed by atoms with van der Waals surface area (Å²) in [4.78, 5) is 16.0. The molecular formula is C18H18BrN3O4. The Kier molecular flexibility index (Phi) is 5.97. The quantitative estimate of drug-likeness (QED) is 0.452. The maximum absolute atomic E-state index is 12.1. The van der Waals surface area contributed by atoms with Crippen molar-refractivity contribution in [1.82, 2.24) is 0 Å². The molecule has 0 atom stereocenters. The zero-order valence-electron chi connectivity index (χ0n) is 14.0. The van der Waals surface area contributed by atoms with Gasteiger partial charge in [0.2, 0.25) is 0 Å². The van der Waals surface area contributed by atoms with E-state index in [9.17, 15) is 15.2 Å². The fraction of sp³-hybridized carbons (Fsp3) is 0.278. The largest absolute Gasteiger partial charge is 0.867 e. The Morgan fingerprint density at radius 2 is 1.92 bits per heavy atom. The van der Waals surface area contributed by atoms with Crippen LogP contribution in [0.2, 0.25) is 0 Å². The summed E-state index contributed by atoms with van der Waals surface area (Å²) in [5, 5.41) is 23.0. The van der Waals surface area contributed by atoms with Crippen LogP contribution in [-0.2, 0) is 11.3 Å². The number of rotatable bonds is 5. The number of nitrogens with zero attached hydrogens (tertiary/aromatic N) is 2. The molecule has 0 bridgehead atoms. The van der Waals surface area contributed by atoms with Gasteiger partial charge in [-0.3, -0.25) is 15.1 Å². The molecule has 1 fully saturated rings. The van der Waals surface area contributed by atoms with Crippen molar-refractivity contribution >= 4 is 33.5 Å². The molecule has 1 aliphatic rings. The van der Waals surface area contributed by atoms with Crippen molar-refractivity contribution in [3.05, 3.63) is 62.1 Å². The molecule has 0 radical (unpaired) electrons. The summed E-state index contributed by atoms with van der Waals surface area (Å²) in [6.07, 6.45) is 1.36. The average molecular weight is 420 g/mol. The van der Waals surface area contributed by atoms with Crippen molar-refractivity contribution in [3.8, 4) is 5.75 Å². The summed E-state index contributed by atoms with van der Waals surface area (Å²) >= 11 is 3.18. The molecule has 0 aliphatic carbocycles. The van der Waals surface area contributed by atoms with E-state index in [0.29, 0.717) is 10.2 Å². The molecule has 1 saturated heterocycles. The van der Waals surface area contributed by atoms with Gasteiger partial charge in [0.25, 0.3) is 5.69 Å². The molecule has 1 N–H and O–H groups in total. The average Bonchev–Trinajstić information content (AvgIpc) is 2.64. The molecule has 26 heavy (non-hydrogen) atoms. The number of halogens is 1. The summed E-state index contributed by atoms with van der Waals surface area (Å²) in [6, 6.07) is 10.5. The fourth-order valence-electron chi connectivity index (χ4n) is 2.80. The molecule has 0 unspecified atom stereocenters. The summed E-state index contributed by atoms with van der Waals surface area (Å²) in [5.41, 5.74) is 1.61. The predicted octanol–water partition coefficient (Wildman–Crippen LogP) is 1.60. The van der Waals surface area contributed by atoms with Crippen molar-refractivity contribution in [2.24, 2.45) is 4.99 Å². The Bertz CT molecular complexity index is 818. The minimum atomic E-state index is -0.687. The van der Waals surface area contributed by atoms with Crippen molar-refractivity contribution in [2.75, 3.05) is 26.3 Å². The first kappa shape index (κ1) is 18.5. The first-order chi connectivity index (χ1) is 12.5. The van der Waals surface area contributed by atoms with E-state index in [4.69, 9.17) is 4.74 Å². The van der Waals surface area contributed by atoms with Crippen LogP contribution in [0.1, 0.15) is 11.1 Å². The van der Waals surface area contributed by atoms with Gasteiger partial charge in [-0.25, -0.2) is 0 Å². The lowest BCUT2D eigenvalue weighted by molar-refractivity contribution is -0.921. The van der Waals surface area contributed by atoms with Crippen LogP contribution in [0.25, 0.3) is 0 Å². The van der Waals surface area contributed by atoms with Gasteiger partial charge in [0.15, 0.2) is 0 Å². The van der Waals surface area contributed by atoms with E-state index in [1.54, 1.807) is 0 Å². The highest BCUT2D eigenvalue weighted by atomic mass is 79.9. The maximum atomic E-state index is 12.1. The van der Waals surface area contributed by atoms with Crippen molar-refractivity contribution in [3.63, 3.8) is 0 Å². The molecular weight excluding hydrogens is 402 g/mol. The zero-order chi connectivity index (χ0) is 18.5. The fourth-order valence-corrected chi connectivity index (χ4v) is 3.26. The van der Waals surface area contributed by atoms with Crippen LogP contribution in [0.3, 0.4) is 0 Å². The molecule has 1 aliphatic heterocycles. The Morgan fingerprint density at radius 3 is 2.58 bits per heavy atom. The summed E-state index contributed by atoms with van der Waals surface area (Å²) in [5.74, 6) is -0.644. The first-order valence-electron chi connectivity index (χ1n) is 8.22. The number of quaternary nitrogens is 1. The summed E-state index contributed by atoms with van der Waals surface area (Å²) in [7, 11) is 0. The SMILES string of the molecule is O=[N+]([O-])c1cc(Br)cc(C=Nc2ccc(C[NH+]3CCOCC3)cc2)c1[O-]. The number of nitro groups is 1. The van der Waals surface area contributed by atoms with Gasteiger partial charge in [0, 0.05) is 22.3 Å². The van der Waals surface area contributed by atoms with E-state index in [0.717, 1.165) is 32.8 Å². The Morgan fingerprint density at radius 1 is 1.23 bits per heavy atom. The minimum absolute atomic E-state index is 0.174. The van der Waals surface area contributed by atoms with Gasteiger partial charge in [-0.1, -0.05) is 28.1 Å². The number of nitrogens with one attached hydrogen (secondary N) is 1. The number of benzene rings is 2. The standard InChI is InChI=1S/C18H18BrN3O4/c19-15-9-14(18(23)17(10-15)22(24)25)11-20-16-3-1-13(2-4-16)12-21-5-7-26-8-6-21/h1-4,9-11,23H,5-8,12H2. The van der Waals surface area contributed by atoms with E-state index < -0.39 is 16.4 Å².